The van der Waals surface area contributed by atoms with Crippen LogP contribution in [0.5, 0.6) is 5.75 Å². The van der Waals surface area contributed by atoms with E-state index in [-0.39, 0.29) is 0 Å². The number of nitrogens with one attached hydrogen (secondary N) is 1. The van der Waals surface area contributed by atoms with E-state index in [2.05, 4.69) is 38.2 Å². The molecule has 0 saturated carbocycles. The molecule has 0 aromatic heterocycles. The summed E-state index contributed by atoms with van der Waals surface area (Å²) in [6, 6.07) is 10.1. The summed E-state index contributed by atoms with van der Waals surface area (Å²) in [5.41, 5.74) is 6.31. The highest BCUT2D eigenvalue weighted by Gasteiger charge is 2.12. The lowest BCUT2D eigenvalue weighted by molar-refractivity contribution is 0.187. The zero-order valence-electron chi connectivity index (χ0n) is 15.0. The number of carbonyl (C=O) groups is 1. The van der Waals surface area contributed by atoms with Gasteiger partial charge in [0.05, 0.1) is 12.8 Å². The minimum Gasteiger partial charge on any atom is -0.489 e. The van der Waals surface area contributed by atoms with Crippen LogP contribution in [-0.2, 0) is 17.8 Å². The summed E-state index contributed by atoms with van der Waals surface area (Å²) in [6.07, 6.45) is 0.343. The van der Waals surface area contributed by atoms with E-state index in [0.29, 0.717) is 6.61 Å². The lowest BCUT2D eigenvalue weighted by atomic mass is 10.0. The SMILES string of the molecule is CCc1cccc(COc2cc(C)c(C)cc2C)c1NC(=O)OC. The second kappa shape index (κ2) is 7.86. The molecule has 2 aromatic carbocycles. The highest BCUT2D eigenvalue weighted by atomic mass is 16.5. The Morgan fingerprint density at radius 2 is 1.71 bits per heavy atom. The van der Waals surface area contributed by atoms with Gasteiger partial charge in [0.15, 0.2) is 0 Å². The van der Waals surface area contributed by atoms with Gasteiger partial charge in [0.2, 0.25) is 0 Å². The van der Waals surface area contributed by atoms with Crippen LogP contribution in [0.15, 0.2) is 30.3 Å². The summed E-state index contributed by atoms with van der Waals surface area (Å²) in [6.45, 7) is 8.64. The summed E-state index contributed by atoms with van der Waals surface area (Å²) in [4.78, 5) is 11.6. The maximum atomic E-state index is 11.6. The van der Waals surface area contributed by atoms with E-state index in [0.717, 1.165) is 34.5 Å². The molecular formula is C20H25NO3. The van der Waals surface area contributed by atoms with Crippen LogP contribution in [-0.4, -0.2) is 13.2 Å². The largest absolute Gasteiger partial charge is 0.489 e. The highest BCUT2D eigenvalue weighted by Crippen LogP contribution is 2.27. The van der Waals surface area contributed by atoms with Crippen molar-refractivity contribution in [3.05, 3.63) is 58.1 Å². The van der Waals surface area contributed by atoms with Crippen molar-refractivity contribution in [2.75, 3.05) is 12.4 Å². The standard InChI is InChI=1S/C20H25NO3/c1-6-16-8-7-9-17(19(16)21-20(22)23-5)12-24-18-11-14(3)13(2)10-15(18)4/h7-11H,6,12H2,1-5H3,(H,21,22). The average Bonchev–Trinajstić information content (AvgIpc) is 2.57. The Bertz CT molecular complexity index is 738. The van der Waals surface area contributed by atoms with Gasteiger partial charge in [0, 0.05) is 5.56 Å². The number of rotatable bonds is 5. The predicted octanol–water partition coefficient (Wildman–Crippen LogP) is 4.93. The number of ether oxygens (including phenoxy) is 2. The molecule has 1 N–H and O–H groups in total. The fraction of sp³-hybridized carbons (Fsp3) is 0.350. The molecule has 0 saturated heterocycles. The molecule has 4 heteroatoms. The smallest absolute Gasteiger partial charge is 0.411 e. The van der Waals surface area contributed by atoms with Crippen LogP contribution in [0, 0.1) is 20.8 Å². The maximum Gasteiger partial charge on any atom is 0.411 e. The average molecular weight is 327 g/mol. The molecule has 0 aliphatic rings. The zero-order valence-corrected chi connectivity index (χ0v) is 15.0. The van der Waals surface area contributed by atoms with E-state index in [1.807, 2.05) is 25.1 Å². The Labute approximate surface area is 143 Å². The third kappa shape index (κ3) is 4.07. The summed E-state index contributed by atoms with van der Waals surface area (Å²) >= 11 is 0. The first-order valence-electron chi connectivity index (χ1n) is 8.12. The summed E-state index contributed by atoms with van der Waals surface area (Å²) in [5, 5.41) is 2.81. The van der Waals surface area contributed by atoms with Gasteiger partial charge in [0.25, 0.3) is 0 Å². The molecule has 1 amide bonds. The number of methoxy groups -OCH3 is 1. The van der Waals surface area contributed by atoms with Gasteiger partial charge in [-0.3, -0.25) is 5.32 Å². The number of benzene rings is 2. The number of carbonyl (C=O) groups excluding carboxylic acids is 1. The van der Waals surface area contributed by atoms with Crippen molar-refractivity contribution in [3.63, 3.8) is 0 Å². The van der Waals surface area contributed by atoms with Crippen molar-refractivity contribution in [1.82, 2.24) is 0 Å². The van der Waals surface area contributed by atoms with Crippen molar-refractivity contribution in [2.24, 2.45) is 0 Å². The Morgan fingerprint density at radius 1 is 1.04 bits per heavy atom. The normalized spacial score (nSPS) is 10.4. The number of hydrogen-bond donors (Lipinski definition) is 1. The van der Waals surface area contributed by atoms with Crippen molar-refractivity contribution in [1.29, 1.82) is 0 Å². The van der Waals surface area contributed by atoms with Gasteiger partial charge >= 0.3 is 6.09 Å². The van der Waals surface area contributed by atoms with Gasteiger partial charge < -0.3 is 9.47 Å². The molecular weight excluding hydrogens is 302 g/mol. The molecule has 0 atom stereocenters. The number of aryl methyl sites for hydroxylation is 4. The van der Waals surface area contributed by atoms with Gasteiger partial charge in [-0.25, -0.2) is 4.79 Å². The Kier molecular flexibility index (Phi) is 5.85. The molecule has 0 unspecified atom stereocenters. The van der Waals surface area contributed by atoms with Crippen LogP contribution in [0.1, 0.15) is 34.7 Å². The third-order valence-electron chi connectivity index (χ3n) is 4.20. The topological polar surface area (TPSA) is 47.6 Å². The van der Waals surface area contributed by atoms with Gasteiger partial charge in [-0.05, 0) is 55.5 Å². The van der Waals surface area contributed by atoms with Gasteiger partial charge in [-0.1, -0.05) is 31.2 Å². The minimum atomic E-state index is -0.473. The molecule has 24 heavy (non-hydrogen) atoms. The molecule has 0 aliphatic carbocycles. The summed E-state index contributed by atoms with van der Waals surface area (Å²) in [7, 11) is 1.36. The van der Waals surface area contributed by atoms with E-state index < -0.39 is 6.09 Å². The minimum absolute atomic E-state index is 0.385. The number of para-hydroxylation sites is 1. The predicted molar refractivity (Wildman–Crippen MR) is 96.8 cm³/mol. The van der Waals surface area contributed by atoms with Crippen LogP contribution >= 0.6 is 0 Å². The number of amides is 1. The van der Waals surface area contributed by atoms with E-state index in [9.17, 15) is 4.79 Å². The van der Waals surface area contributed by atoms with Crippen molar-refractivity contribution in [2.45, 2.75) is 40.7 Å². The molecule has 0 fully saturated rings. The van der Waals surface area contributed by atoms with E-state index in [1.165, 1.54) is 18.2 Å². The molecule has 0 heterocycles. The van der Waals surface area contributed by atoms with Gasteiger partial charge in [-0.2, -0.15) is 0 Å². The molecule has 128 valence electrons. The molecule has 0 aliphatic heterocycles. The van der Waals surface area contributed by atoms with Crippen molar-refractivity contribution >= 4 is 11.8 Å². The highest BCUT2D eigenvalue weighted by molar-refractivity contribution is 5.86. The van der Waals surface area contributed by atoms with Gasteiger partial charge in [-0.15, -0.1) is 0 Å². The van der Waals surface area contributed by atoms with Crippen LogP contribution in [0.2, 0.25) is 0 Å². The lowest BCUT2D eigenvalue weighted by Gasteiger charge is -2.16. The Hall–Kier alpha value is -2.49. The first-order chi connectivity index (χ1) is 11.5. The first kappa shape index (κ1) is 17.9. The first-order valence-corrected chi connectivity index (χ1v) is 8.12. The van der Waals surface area contributed by atoms with Gasteiger partial charge in [0.1, 0.15) is 12.4 Å². The van der Waals surface area contributed by atoms with E-state index in [1.54, 1.807) is 0 Å². The molecule has 0 bridgehead atoms. The Balaban J connectivity index is 2.26. The Morgan fingerprint density at radius 3 is 2.38 bits per heavy atom. The second-order valence-electron chi connectivity index (χ2n) is 5.91. The molecule has 2 aromatic rings. The zero-order chi connectivity index (χ0) is 17.7. The van der Waals surface area contributed by atoms with Crippen LogP contribution in [0.4, 0.5) is 10.5 Å². The monoisotopic (exact) mass is 327 g/mol. The summed E-state index contributed by atoms with van der Waals surface area (Å²) in [5.74, 6) is 0.865. The fourth-order valence-corrected chi connectivity index (χ4v) is 2.63. The molecule has 0 spiro atoms. The quantitative estimate of drug-likeness (QED) is 0.847. The third-order valence-corrected chi connectivity index (χ3v) is 4.20. The molecule has 4 nitrogen and oxygen atoms in total. The van der Waals surface area contributed by atoms with E-state index >= 15 is 0 Å². The van der Waals surface area contributed by atoms with Crippen LogP contribution < -0.4 is 10.1 Å². The number of hydrogen-bond acceptors (Lipinski definition) is 3. The molecule has 2 rings (SSSR count). The van der Waals surface area contributed by atoms with Crippen molar-refractivity contribution in [3.8, 4) is 5.75 Å². The second-order valence-corrected chi connectivity index (χ2v) is 5.91. The summed E-state index contributed by atoms with van der Waals surface area (Å²) < 4.78 is 10.8. The molecule has 0 radical (unpaired) electrons. The lowest BCUT2D eigenvalue weighted by Crippen LogP contribution is -2.15. The van der Waals surface area contributed by atoms with E-state index in [4.69, 9.17) is 9.47 Å². The van der Waals surface area contributed by atoms with Crippen LogP contribution in [0.3, 0.4) is 0 Å². The van der Waals surface area contributed by atoms with Crippen LogP contribution in [0.25, 0.3) is 0 Å². The maximum absolute atomic E-state index is 11.6. The van der Waals surface area contributed by atoms with Crippen molar-refractivity contribution < 1.29 is 14.3 Å². The fourth-order valence-electron chi connectivity index (χ4n) is 2.63. The number of anilines is 1.